The van der Waals surface area contributed by atoms with Crippen LogP contribution >= 0.6 is 0 Å². The quantitative estimate of drug-likeness (QED) is 0.563. The maximum absolute atomic E-state index is 5.25. The van der Waals surface area contributed by atoms with Gasteiger partial charge in [-0.3, -0.25) is 14.7 Å². The van der Waals surface area contributed by atoms with Crippen LogP contribution in [-0.4, -0.2) is 29.2 Å². The van der Waals surface area contributed by atoms with Gasteiger partial charge in [0.05, 0.1) is 12.4 Å². The van der Waals surface area contributed by atoms with E-state index in [0.29, 0.717) is 6.73 Å². The smallest absolute Gasteiger partial charge is 0.0965 e. The lowest BCUT2D eigenvalue weighted by atomic mass is 10.1. The van der Waals surface area contributed by atoms with E-state index in [1.165, 1.54) is 24.1 Å². The molecule has 0 aliphatic carbocycles. The summed E-state index contributed by atoms with van der Waals surface area (Å²) in [4.78, 5) is 0. The molecule has 0 bridgehead atoms. The predicted molar refractivity (Wildman–Crippen MR) is 82.6 cm³/mol. The number of nitrogens with zero attached hydrogens (tertiary/aromatic N) is 2. The fourth-order valence-electron chi connectivity index (χ4n) is 2.30. The van der Waals surface area contributed by atoms with Gasteiger partial charge in [0.2, 0.25) is 0 Å². The standard InChI is InChI=1S/C16H25N3O/c1-3-20-14-17-11-7-8-12-19-16(13-18(19)2)15-9-5-4-6-10-15/h4-6,9-10,13,17H,3,7-8,11-12,14H2,1-2H3. The zero-order valence-electron chi connectivity index (χ0n) is 12.5. The molecule has 0 atom stereocenters. The van der Waals surface area contributed by atoms with E-state index in [4.69, 9.17) is 4.74 Å². The molecule has 0 fully saturated rings. The van der Waals surface area contributed by atoms with Crippen LogP contribution in [0.2, 0.25) is 0 Å². The van der Waals surface area contributed by atoms with Crippen molar-refractivity contribution in [3.05, 3.63) is 36.5 Å². The molecule has 1 aromatic carbocycles. The Morgan fingerprint density at radius 3 is 2.65 bits per heavy atom. The highest BCUT2D eigenvalue weighted by molar-refractivity contribution is 5.59. The summed E-state index contributed by atoms with van der Waals surface area (Å²) < 4.78 is 9.74. The Labute approximate surface area is 121 Å². The number of hydrogen-bond acceptors (Lipinski definition) is 2. The van der Waals surface area contributed by atoms with Gasteiger partial charge in [-0.25, -0.2) is 0 Å². The molecule has 0 radical (unpaired) electrons. The van der Waals surface area contributed by atoms with Crippen molar-refractivity contribution in [3.8, 4) is 11.3 Å². The van der Waals surface area contributed by atoms with Gasteiger partial charge >= 0.3 is 0 Å². The summed E-state index contributed by atoms with van der Waals surface area (Å²) in [6.07, 6.45) is 4.52. The average molecular weight is 275 g/mol. The largest absolute Gasteiger partial charge is 0.367 e. The molecule has 1 N–H and O–H groups in total. The molecule has 0 saturated heterocycles. The maximum Gasteiger partial charge on any atom is 0.0965 e. The first-order valence-electron chi connectivity index (χ1n) is 7.39. The molecular weight excluding hydrogens is 250 g/mol. The Bertz CT molecular complexity index is 487. The second kappa shape index (κ2) is 7.92. The highest BCUT2D eigenvalue weighted by atomic mass is 16.5. The second-order valence-corrected chi connectivity index (χ2v) is 4.92. The Balaban J connectivity index is 1.74. The summed E-state index contributed by atoms with van der Waals surface area (Å²) in [5, 5.41) is 3.28. The summed E-state index contributed by atoms with van der Waals surface area (Å²) in [5.74, 6) is 0. The lowest BCUT2D eigenvalue weighted by molar-refractivity contribution is 0.128. The summed E-state index contributed by atoms with van der Waals surface area (Å²) in [7, 11) is 2.10. The highest BCUT2D eigenvalue weighted by Gasteiger charge is 2.09. The molecule has 1 heterocycles. The molecule has 2 rings (SSSR count). The van der Waals surface area contributed by atoms with E-state index in [-0.39, 0.29) is 0 Å². The van der Waals surface area contributed by atoms with Crippen molar-refractivity contribution in [2.24, 2.45) is 7.05 Å². The third-order valence-corrected chi connectivity index (χ3v) is 3.42. The van der Waals surface area contributed by atoms with Crippen LogP contribution in [0.1, 0.15) is 19.8 Å². The molecule has 0 aliphatic heterocycles. The number of benzene rings is 1. The molecule has 1 aromatic heterocycles. The summed E-state index contributed by atoms with van der Waals surface area (Å²) >= 11 is 0. The van der Waals surface area contributed by atoms with Crippen LogP contribution in [0.25, 0.3) is 11.3 Å². The Morgan fingerprint density at radius 1 is 1.15 bits per heavy atom. The van der Waals surface area contributed by atoms with Crippen LogP contribution in [0.4, 0.5) is 0 Å². The van der Waals surface area contributed by atoms with Gasteiger partial charge < -0.3 is 4.74 Å². The Kier molecular flexibility index (Phi) is 5.89. The number of unbranched alkanes of at least 4 members (excludes halogenated alkanes) is 1. The van der Waals surface area contributed by atoms with Crippen molar-refractivity contribution in [1.82, 2.24) is 14.7 Å². The van der Waals surface area contributed by atoms with Gasteiger partial charge in [-0.1, -0.05) is 30.3 Å². The van der Waals surface area contributed by atoms with Crippen LogP contribution in [0, 0.1) is 0 Å². The predicted octanol–water partition coefficient (Wildman–Crippen LogP) is 2.86. The Hall–Kier alpha value is -1.52. The van der Waals surface area contributed by atoms with Crippen LogP contribution in [0.5, 0.6) is 0 Å². The fraction of sp³-hybridized carbons (Fsp3) is 0.500. The number of rotatable bonds is 9. The monoisotopic (exact) mass is 275 g/mol. The van der Waals surface area contributed by atoms with Gasteiger partial charge in [0.25, 0.3) is 0 Å². The van der Waals surface area contributed by atoms with Crippen molar-refractivity contribution in [1.29, 1.82) is 0 Å². The average Bonchev–Trinajstić information content (AvgIpc) is 2.48. The first kappa shape index (κ1) is 14.9. The van der Waals surface area contributed by atoms with Crippen molar-refractivity contribution in [2.45, 2.75) is 26.3 Å². The van der Waals surface area contributed by atoms with E-state index < -0.39 is 0 Å². The van der Waals surface area contributed by atoms with Crippen LogP contribution in [0.3, 0.4) is 0 Å². The van der Waals surface area contributed by atoms with Crippen LogP contribution in [0.15, 0.2) is 36.5 Å². The molecule has 0 saturated carbocycles. The first-order chi connectivity index (χ1) is 9.83. The SMILES string of the molecule is CCOCNCCCCn1c(-c2ccccc2)cn1C. The van der Waals surface area contributed by atoms with E-state index in [1.54, 1.807) is 0 Å². The minimum atomic E-state index is 0.662. The summed E-state index contributed by atoms with van der Waals surface area (Å²) in [5.41, 5.74) is 2.61. The molecule has 0 unspecified atom stereocenters. The minimum Gasteiger partial charge on any atom is -0.367 e. The topological polar surface area (TPSA) is 31.1 Å². The maximum atomic E-state index is 5.25. The zero-order chi connectivity index (χ0) is 14.2. The molecule has 20 heavy (non-hydrogen) atoms. The third-order valence-electron chi connectivity index (χ3n) is 3.42. The van der Waals surface area contributed by atoms with Gasteiger partial charge in [0, 0.05) is 32.0 Å². The number of aryl methyl sites for hydroxylation is 1. The summed E-state index contributed by atoms with van der Waals surface area (Å²) in [6, 6.07) is 10.6. The molecule has 0 spiro atoms. The van der Waals surface area contributed by atoms with Crippen molar-refractivity contribution in [2.75, 3.05) is 19.9 Å². The zero-order valence-corrected chi connectivity index (χ0v) is 12.5. The normalized spacial score (nSPS) is 11.1. The third kappa shape index (κ3) is 3.99. The van der Waals surface area contributed by atoms with Crippen molar-refractivity contribution >= 4 is 0 Å². The fourth-order valence-corrected chi connectivity index (χ4v) is 2.30. The van der Waals surface area contributed by atoms with E-state index in [2.05, 4.69) is 58.3 Å². The molecule has 4 nitrogen and oxygen atoms in total. The van der Waals surface area contributed by atoms with E-state index in [9.17, 15) is 0 Å². The van der Waals surface area contributed by atoms with Crippen molar-refractivity contribution < 1.29 is 4.74 Å². The number of hydrogen-bond donors (Lipinski definition) is 1. The molecular formula is C16H25N3O. The summed E-state index contributed by atoms with van der Waals surface area (Å²) in [6.45, 7) is 5.53. The second-order valence-electron chi connectivity index (χ2n) is 4.92. The van der Waals surface area contributed by atoms with Gasteiger partial charge in [-0.05, 0) is 26.3 Å². The number of ether oxygens (including phenoxy) is 1. The lowest BCUT2D eigenvalue weighted by Crippen LogP contribution is -2.23. The van der Waals surface area contributed by atoms with Crippen LogP contribution < -0.4 is 5.32 Å². The lowest BCUT2D eigenvalue weighted by Gasteiger charge is -2.24. The van der Waals surface area contributed by atoms with Gasteiger partial charge in [0.1, 0.15) is 0 Å². The van der Waals surface area contributed by atoms with E-state index in [1.807, 2.05) is 6.92 Å². The highest BCUT2D eigenvalue weighted by Crippen LogP contribution is 2.21. The van der Waals surface area contributed by atoms with Crippen LogP contribution in [-0.2, 0) is 18.3 Å². The Morgan fingerprint density at radius 2 is 1.95 bits per heavy atom. The molecule has 0 amide bonds. The molecule has 110 valence electrons. The van der Waals surface area contributed by atoms with Gasteiger partial charge in [-0.2, -0.15) is 0 Å². The van der Waals surface area contributed by atoms with Gasteiger partial charge in [0.15, 0.2) is 0 Å². The first-order valence-corrected chi connectivity index (χ1v) is 7.39. The van der Waals surface area contributed by atoms with Crippen molar-refractivity contribution in [3.63, 3.8) is 0 Å². The van der Waals surface area contributed by atoms with E-state index in [0.717, 1.165) is 19.7 Å². The van der Waals surface area contributed by atoms with E-state index >= 15 is 0 Å². The molecule has 2 aromatic rings. The minimum absolute atomic E-state index is 0.662. The molecule has 4 heteroatoms. The van der Waals surface area contributed by atoms with Gasteiger partial charge in [-0.15, -0.1) is 0 Å². The number of nitrogens with one attached hydrogen (secondary N) is 1. The number of aromatic nitrogens is 2. The molecule has 0 aliphatic rings.